The van der Waals surface area contributed by atoms with Gasteiger partial charge in [-0.1, -0.05) is 6.07 Å². The number of sulfonamides is 1. The van der Waals surface area contributed by atoms with Gasteiger partial charge in [0.05, 0.1) is 19.1 Å². The Labute approximate surface area is 191 Å². The maximum atomic E-state index is 12.9. The lowest BCUT2D eigenvalue weighted by Crippen LogP contribution is -2.17. The van der Waals surface area contributed by atoms with E-state index in [2.05, 4.69) is 10.0 Å². The van der Waals surface area contributed by atoms with Crippen molar-refractivity contribution in [3.8, 4) is 23.0 Å². The maximum absolute atomic E-state index is 12.9. The summed E-state index contributed by atoms with van der Waals surface area (Å²) in [6.07, 6.45) is 0. The van der Waals surface area contributed by atoms with Crippen molar-refractivity contribution >= 4 is 27.3 Å². The fourth-order valence-corrected chi connectivity index (χ4v) is 4.28. The van der Waals surface area contributed by atoms with Crippen LogP contribution in [0.1, 0.15) is 10.4 Å². The smallest absolute Gasteiger partial charge is 0.262 e. The Balaban J connectivity index is 1.52. The first-order valence-electron chi connectivity index (χ1n) is 9.95. The van der Waals surface area contributed by atoms with Crippen molar-refractivity contribution in [1.29, 1.82) is 0 Å². The highest BCUT2D eigenvalue weighted by molar-refractivity contribution is 7.92. The standard InChI is InChI=1S/C23H22N2O7S/c1-29-18-11-17(12-19(13-18)30-2)24-23(26)15-4-3-5-16(10-15)25-33(27,28)20-6-7-21-22(14-20)32-9-8-31-21/h3-7,10-14,25H,8-9H2,1-2H3,(H,24,26). The van der Waals surface area contributed by atoms with Crippen LogP contribution in [0.3, 0.4) is 0 Å². The van der Waals surface area contributed by atoms with Gasteiger partial charge in [-0.25, -0.2) is 8.42 Å². The lowest BCUT2D eigenvalue weighted by atomic mass is 10.2. The minimum Gasteiger partial charge on any atom is -0.497 e. The highest BCUT2D eigenvalue weighted by Gasteiger charge is 2.20. The van der Waals surface area contributed by atoms with E-state index in [0.29, 0.717) is 41.9 Å². The summed E-state index contributed by atoms with van der Waals surface area (Å²) in [5.41, 5.74) is 0.971. The molecule has 0 radical (unpaired) electrons. The topological polar surface area (TPSA) is 112 Å². The molecule has 0 aliphatic carbocycles. The van der Waals surface area contributed by atoms with Gasteiger partial charge in [0.1, 0.15) is 24.7 Å². The third-order valence-electron chi connectivity index (χ3n) is 4.81. The molecule has 1 aliphatic heterocycles. The van der Waals surface area contributed by atoms with Crippen LogP contribution in [0.25, 0.3) is 0 Å². The Kier molecular flexibility index (Phi) is 6.27. The highest BCUT2D eigenvalue weighted by Crippen LogP contribution is 2.33. The second-order valence-corrected chi connectivity index (χ2v) is 8.73. The normalized spacial score (nSPS) is 12.5. The quantitative estimate of drug-likeness (QED) is 0.543. The van der Waals surface area contributed by atoms with Gasteiger partial charge in [0.25, 0.3) is 15.9 Å². The second kappa shape index (κ2) is 9.29. The van der Waals surface area contributed by atoms with Gasteiger partial charge in [-0.05, 0) is 30.3 Å². The number of benzene rings is 3. The number of fused-ring (bicyclic) bond motifs is 1. The summed E-state index contributed by atoms with van der Waals surface area (Å²) in [6, 6.07) is 15.5. The van der Waals surface area contributed by atoms with Crippen LogP contribution < -0.4 is 29.0 Å². The van der Waals surface area contributed by atoms with Crippen LogP contribution in [0.5, 0.6) is 23.0 Å². The number of carbonyl (C=O) groups excluding carboxylic acids is 1. The van der Waals surface area contributed by atoms with Crippen molar-refractivity contribution in [2.75, 3.05) is 37.5 Å². The molecule has 4 rings (SSSR count). The lowest BCUT2D eigenvalue weighted by Gasteiger charge is -2.19. The number of nitrogens with one attached hydrogen (secondary N) is 2. The average Bonchev–Trinajstić information content (AvgIpc) is 2.83. The van der Waals surface area contributed by atoms with Gasteiger partial charge in [-0.3, -0.25) is 9.52 Å². The van der Waals surface area contributed by atoms with E-state index < -0.39 is 15.9 Å². The first kappa shape index (κ1) is 22.3. The molecule has 172 valence electrons. The molecule has 0 spiro atoms. The van der Waals surface area contributed by atoms with Gasteiger partial charge in [-0.2, -0.15) is 0 Å². The SMILES string of the molecule is COc1cc(NC(=O)c2cccc(NS(=O)(=O)c3ccc4c(c3)OCCO4)c2)cc(OC)c1. The predicted octanol–water partition coefficient (Wildman–Crippen LogP) is 3.53. The van der Waals surface area contributed by atoms with E-state index in [-0.39, 0.29) is 16.1 Å². The van der Waals surface area contributed by atoms with E-state index in [1.54, 1.807) is 42.5 Å². The Morgan fingerprint density at radius 2 is 1.55 bits per heavy atom. The van der Waals surface area contributed by atoms with E-state index >= 15 is 0 Å². The van der Waals surface area contributed by atoms with Crippen molar-refractivity contribution in [3.63, 3.8) is 0 Å². The number of hydrogen-bond acceptors (Lipinski definition) is 7. The zero-order valence-corrected chi connectivity index (χ0v) is 18.8. The molecule has 2 N–H and O–H groups in total. The molecule has 0 unspecified atom stereocenters. The van der Waals surface area contributed by atoms with Crippen molar-refractivity contribution in [2.45, 2.75) is 4.90 Å². The monoisotopic (exact) mass is 470 g/mol. The van der Waals surface area contributed by atoms with Crippen LogP contribution >= 0.6 is 0 Å². The Morgan fingerprint density at radius 1 is 0.848 bits per heavy atom. The van der Waals surface area contributed by atoms with Crippen molar-refractivity contribution < 1.29 is 32.2 Å². The third kappa shape index (κ3) is 5.12. The number of methoxy groups -OCH3 is 2. The molecule has 1 heterocycles. The number of anilines is 2. The Bertz CT molecular complexity index is 1270. The molecule has 0 bridgehead atoms. The molecule has 1 aliphatic rings. The number of ether oxygens (including phenoxy) is 4. The van der Waals surface area contributed by atoms with Gasteiger partial charge in [0.2, 0.25) is 0 Å². The lowest BCUT2D eigenvalue weighted by molar-refractivity contribution is 0.102. The molecule has 1 amide bonds. The fraction of sp³-hybridized carbons (Fsp3) is 0.174. The Morgan fingerprint density at radius 3 is 2.24 bits per heavy atom. The van der Waals surface area contributed by atoms with Crippen LogP contribution in [0.4, 0.5) is 11.4 Å². The summed E-state index contributed by atoms with van der Waals surface area (Å²) in [7, 11) is -0.893. The molecule has 0 saturated carbocycles. The molecule has 3 aromatic rings. The largest absolute Gasteiger partial charge is 0.497 e. The summed E-state index contributed by atoms with van der Waals surface area (Å²) in [5.74, 6) is 1.47. The zero-order chi connectivity index (χ0) is 23.4. The van der Waals surface area contributed by atoms with E-state index in [4.69, 9.17) is 18.9 Å². The first-order chi connectivity index (χ1) is 15.9. The van der Waals surface area contributed by atoms with Crippen LogP contribution in [-0.4, -0.2) is 41.8 Å². The molecule has 0 saturated heterocycles. The minimum absolute atomic E-state index is 0.0186. The molecule has 0 atom stereocenters. The summed E-state index contributed by atoms with van der Waals surface area (Å²) in [5, 5.41) is 2.76. The predicted molar refractivity (Wildman–Crippen MR) is 122 cm³/mol. The summed E-state index contributed by atoms with van der Waals surface area (Å²) in [6.45, 7) is 0.759. The molecule has 10 heteroatoms. The van der Waals surface area contributed by atoms with Crippen molar-refractivity contribution in [3.05, 3.63) is 66.2 Å². The summed E-state index contributed by atoms with van der Waals surface area (Å²) >= 11 is 0. The van der Waals surface area contributed by atoms with Crippen LogP contribution in [0.2, 0.25) is 0 Å². The van der Waals surface area contributed by atoms with Gasteiger partial charge in [-0.15, -0.1) is 0 Å². The molecule has 0 aromatic heterocycles. The Hall–Kier alpha value is -3.92. The van der Waals surface area contributed by atoms with Gasteiger partial charge in [0.15, 0.2) is 11.5 Å². The van der Waals surface area contributed by atoms with E-state index in [9.17, 15) is 13.2 Å². The number of carbonyl (C=O) groups is 1. The van der Waals surface area contributed by atoms with Crippen molar-refractivity contribution in [2.24, 2.45) is 0 Å². The molecule has 0 fully saturated rings. The number of hydrogen-bond donors (Lipinski definition) is 2. The fourth-order valence-electron chi connectivity index (χ4n) is 3.21. The van der Waals surface area contributed by atoms with E-state index in [0.717, 1.165) is 0 Å². The molecular weight excluding hydrogens is 448 g/mol. The average molecular weight is 471 g/mol. The molecule has 3 aromatic carbocycles. The van der Waals surface area contributed by atoms with Crippen LogP contribution in [0, 0.1) is 0 Å². The van der Waals surface area contributed by atoms with E-state index in [1.807, 2.05) is 0 Å². The second-order valence-electron chi connectivity index (χ2n) is 7.05. The maximum Gasteiger partial charge on any atom is 0.262 e. The number of amides is 1. The minimum atomic E-state index is -3.92. The summed E-state index contributed by atoms with van der Waals surface area (Å²) < 4.78 is 49.5. The van der Waals surface area contributed by atoms with Gasteiger partial charge < -0.3 is 24.3 Å². The van der Waals surface area contributed by atoms with Crippen LogP contribution in [0.15, 0.2) is 65.6 Å². The number of rotatable bonds is 7. The summed E-state index contributed by atoms with van der Waals surface area (Å²) in [4.78, 5) is 12.8. The van der Waals surface area contributed by atoms with Crippen molar-refractivity contribution in [1.82, 2.24) is 0 Å². The molecule has 33 heavy (non-hydrogen) atoms. The van der Waals surface area contributed by atoms with Crippen LogP contribution in [-0.2, 0) is 10.0 Å². The zero-order valence-electron chi connectivity index (χ0n) is 18.0. The van der Waals surface area contributed by atoms with Gasteiger partial charge >= 0.3 is 0 Å². The van der Waals surface area contributed by atoms with E-state index in [1.165, 1.54) is 32.4 Å². The highest BCUT2D eigenvalue weighted by atomic mass is 32.2. The van der Waals surface area contributed by atoms with Gasteiger partial charge in [0, 0.05) is 41.2 Å². The molecule has 9 nitrogen and oxygen atoms in total. The third-order valence-corrected chi connectivity index (χ3v) is 6.19. The molecular formula is C23H22N2O7S. The first-order valence-corrected chi connectivity index (χ1v) is 11.4.